The maximum Gasteiger partial charge on any atom is 0.253 e. The van der Waals surface area contributed by atoms with Crippen molar-refractivity contribution in [2.75, 3.05) is 16.8 Å². The zero-order valence-corrected chi connectivity index (χ0v) is 15.8. The van der Waals surface area contributed by atoms with Gasteiger partial charge in [0.15, 0.2) is 0 Å². The van der Waals surface area contributed by atoms with E-state index in [2.05, 4.69) is 10.6 Å². The summed E-state index contributed by atoms with van der Waals surface area (Å²) in [6, 6.07) is 14.9. The molecule has 3 amide bonds. The Morgan fingerprint density at radius 1 is 1.04 bits per heavy atom. The first-order valence-electron chi connectivity index (χ1n) is 9.59. The molecule has 1 heterocycles. The molecular formula is C22H23N3O3. The van der Waals surface area contributed by atoms with Crippen LogP contribution in [0.5, 0.6) is 0 Å². The normalized spacial score (nSPS) is 18.8. The Morgan fingerprint density at radius 3 is 2.50 bits per heavy atom. The molecule has 4 rings (SSSR count). The van der Waals surface area contributed by atoms with Crippen LogP contribution in [0.25, 0.3) is 0 Å². The average molecular weight is 377 g/mol. The summed E-state index contributed by atoms with van der Waals surface area (Å²) in [5.41, 5.74) is 2.77. The van der Waals surface area contributed by atoms with Gasteiger partial charge in [0.1, 0.15) is 0 Å². The van der Waals surface area contributed by atoms with E-state index in [4.69, 9.17) is 0 Å². The third-order valence-electron chi connectivity index (χ3n) is 5.24. The number of hydrogen-bond donors (Lipinski definition) is 2. The van der Waals surface area contributed by atoms with Gasteiger partial charge >= 0.3 is 0 Å². The van der Waals surface area contributed by atoms with Crippen LogP contribution in [0.1, 0.15) is 35.2 Å². The number of nitrogens with one attached hydrogen (secondary N) is 2. The molecule has 6 nitrogen and oxygen atoms in total. The van der Waals surface area contributed by atoms with Crippen LogP contribution in [0.3, 0.4) is 0 Å². The second-order valence-electron chi connectivity index (χ2n) is 7.47. The summed E-state index contributed by atoms with van der Waals surface area (Å²) in [6.07, 6.45) is 2.16. The fourth-order valence-electron chi connectivity index (χ4n) is 3.50. The number of benzene rings is 2. The molecule has 28 heavy (non-hydrogen) atoms. The zero-order chi connectivity index (χ0) is 19.7. The van der Waals surface area contributed by atoms with E-state index in [1.807, 2.05) is 31.2 Å². The first-order chi connectivity index (χ1) is 13.5. The third kappa shape index (κ3) is 3.76. The van der Waals surface area contributed by atoms with Crippen molar-refractivity contribution >= 4 is 29.1 Å². The van der Waals surface area contributed by atoms with Crippen molar-refractivity contribution < 1.29 is 14.4 Å². The largest absolute Gasteiger partial charge is 0.349 e. The highest BCUT2D eigenvalue weighted by molar-refractivity contribution is 6.07. The summed E-state index contributed by atoms with van der Waals surface area (Å²) in [4.78, 5) is 39.4. The van der Waals surface area contributed by atoms with Gasteiger partial charge in [-0.3, -0.25) is 14.4 Å². The van der Waals surface area contributed by atoms with E-state index in [-0.39, 0.29) is 30.2 Å². The van der Waals surface area contributed by atoms with Crippen molar-refractivity contribution in [3.8, 4) is 0 Å². The van der Waals surface area contributed by atoms with Gasteiger partial charge in [0.2, 0.25) is 11.8 Å². The second-order valence-corrected chi connectivity index (χ2v) is 7.47. The molecule has 1 atom stereocenters. The van der Waals surface area contributed by atoms with Crippen LogP contribution in [-0.4, -0.2) is 30.3 Å². The topological polar surface area (TPSA) is 78.5 Å². The van der Waals surface area contributed by atoms with E-state index in [1.54, 1.807) is 29.2 Å². The van der Waals surface area contributed by atoms with Gasteiger partial charge in [-0.2, -0.15) is 0 Å². The minimum atomic E-state index is -0.452. The number of anilines is 2. The Hall–Kier alpha value is -3.15. The predicted octanol–water partition coefficient (Wildman–Crippen LogP) is 2.88. The van der Waals surface area contributed by atoms with E-state index in [9.17, 15) is 14.4 Å². The molecule has 0 bridgehead atoms. The van der Waals surface area contributed by atoms with Crippen LogP contribution >= 0.6 is 0 Å². The SMILES string of the molecule is Cc1ccccc1N1C[C@H](C(=O)Nc2ccccc2C(=O)NC2CC2)CC1=O. The maximum atomic E-state index is 12.8. The highest BCUT2D eigenvalue weighted by Gasteiger charge is 2.36. The maximum absolute atomic E-state index is 12.8. The molecule has 144 valence electrons. The van der Waals surface area contributed by atoms with Crippen LogP contribution in [0.2, 0.25) is 0 Å². The van der Waals surface area contributed by atoms with Gasteiger partial charge in [0.05, 0.1) is 17.2 Å². The lowest BCUT2D eigenvalue weighted by Gasteiger charge is -2.19. The van der Waals surface area contributed by atoms with Gasteiger partial charge in [-0.15, -0.1) is 0 Å². The van der Waals surface area contributed by atoms with Gasteiger partial charge in [-0.25, -0.2) is 0 Å². The molecule has 2 N–H and O–H groups in total. The summed E-state index contributed by atoms with van der Waals surface area (Å²) >= 11 is 0. The fraction of sp³-hybridized carbons (Fsp3) is 0.318. The van der Waals surface area contributed by atoms with Gasteiger partial charge in [0, 0.05) is 24.7 Å². The van der Waals surface area contributed by atoms with Gasteiger partial charge < -0.3 is 15.5 Å². The number of hydrogen-bond acceptors (Lipinski definition) is 3. The third-order valence-corrected chi connectivity index (χ3v) is 5.24. The number of rotatable bonds is 5. The van der Waals surface area contributed by atoms with Crippen LogP contribution < -0.4 is 15.5 Å². The monoisotopic (exact) mass is 377 g/mol. The molecule has 0 unspecified atom stereocenters. The molecule has 0 radical (unpaired) electrons. The van der Waals surface area contributed by atoms with Crippen LogP contribution in [0.15, 0.2) is 48.5 Å². The molecular weight excluding hydrogens is 354 g/mol. The van der Waals surface area contributed by atoms with Crippen LogP contribution in [0.4, 0.5) is 11.4 Å². The summed E-state index contributed by atoms with van der Waals surface area (Å²) < 4.78 is 0. The van der Waals surface area contributed by atoms with Crippen LogP contribution in [0, 0.1) is 12.8 Å². The van der Waals surface area contributed by atoms with E-state index >= 15 is 0 Å². The van der Waals surface area contributed by atoms with Crippen molar-refractivity contribution in [1.82, 2.24) is 5.32 Å². The molecule has 0 spiro atoms. The lowest BCUT2D eigenvalue weighted by Crippen LogP contribution is -2.30. The van der Waals surface area contributed by atoms with E-state index in [0.29, 0.717) is 17.8 Å². The molecule has 2 aromatic rings. The van der Waals surface area contributed by atoms with Crippen molar-refractivity contribution in [3.05, 3.63) is 59.7 Å². The molecule has 2 aliphatic rings. The van der Waals surface area contributed by atoms with E-state index in [1.165, 1.54) is 0 Å². The molecule has 0 aromatic heterocycles. The Labute approximate surface area is 163 Å². The van der Waals surface area contributed by atoms with Crippen LogP contribution in [-0.2, 0) is 9.59 Å². The fourth-order valence-corrected chi connectivity index (χ4v) is 3.50. The molecule has 1 saturated carbocycles. The van der Waals surface area contributed by atoms with E-state index < -0.39 is 5.92 Å². The first-order valence-corrected chi connectivity index (χ1v) is 9.59. The first kappa shape index (κ1) is 18.2. The highest BCUT2D eigenvalue weighted by atomic mass is 16.2. The molecule has 2 aromatic carbocycles. The number of para-hydroxylation sites is 2. The van der Waals surface area contributed by atoms with Gasteiger partial charge in [0.25, 0.3) is 5.91 Å². The van der Waals surface area contributed by atoms with Gasteiger partial charge in [-0.05, 0) is 43.5 Å². The van der Waals surface area contributed by atoms with Crippen molar-refractivity contribution in [3.63, 3.8) is 0 Å². The standard InChI is InChI=1S/C22H23N3O3/c1-14-6-2-5-9-19(14)25-13-15(12-20(25)26)21(27)24-18-8-4-3-7-17(18)22(28)23-16-10-11-16/h2-9,15-16H,10-13H2,1H3,(H,23,28)(H,24,27)/t15-/m1/s1. The molecule has 1 aliphatic carbocycles. The molecule has 2 fully saturated rings. The predicted molar refractivity (Wildman–Crippen MR) is 107 cm³/mol. The Balaban J connectivity index is 1.47. The average Bonchev–Trinajstić information content (AvgIpc) is 3.41. The van der Waals surface area contributed by atoms with Gasteiger partial charge in [-0.1, -0.05) is 30.3 Å². The minimum Gasteiger partial charge on any atom is -0.349 e. The number of nitrogens with zero attached hydrogens (tertiary/aromatic N) is 1. The second kappa shape index (κ2) is 7.46. The Bertz CT molecular complexity index is 936. The molecule has 6 heteroatoms. The number of aryl methyl sites for hydroxylation is 1. The summed E-state index contributed by atoms with van der Waals surface area (Å²) in [5, 5.41) is 5.80. The van der Waals surface area contributed by atoms with Crippen molar-refractivity contribution in [2.24, 2.45) is 5.92 Å². The zero-order valence-electron chi connectivity index (χ0n) is 15.8. The number of carbonyl (C=O) groups excluding carboxylic acids is 3. The van der Waals surface area contributed by atoms with E-state index in [0.717, 1.165) is 24.1 Å². The number of amides is 3. The summed E-state index contributed by atoms with van der Waals surface area (Å²) in [6.45, 7) is 2.29. The highest BCUT2D eigenvalue weighted by Crippen LogP contribution is 2.29. The van der Waals surface area contributed by atoms with Crippen molar-refractivity contribution in [2.45, 2.75) is 32.2 Å². The Morgan fingerprint density at radius 2 is 1.75 bits per heavy atom. The summed E-state index contributed by atoms with van der Waals surface area (Å²) in [7, 11) is 0. The smallest absolute Gasteiger partial charge is 0.253 e. The molecule has 1 saturated heterocycles. The summed E-state index contributed by atoms with van der Waals surface area (Å²) in [5.74, 6) is -0.931. The lowest BCUT2D eigenvalue weighted by atomic mass is 10.1. The minimum absolute atomic E-state index is 0.0609. The molecule has 1 aliphatic heterocycles. The quantitative estimate of drug-likeness (QED) is 0.841. The van der Waals surface area contributed by atoms with Crippen molar-refractivity contribution in [1.29, 1.82) is 0 Å². The lowest BCUT2D eigenvalue weighted by molar-refractivity contribution is -0.122. The Kier molecular flexibility index (Phi) is 4.86. The number of carbonyl (C=O) groups is 3.